The van der Waals surface area contributed by atoms with Gasteiger partial charge in [0.05, 0.1) is 0 Å². The van der Waals surface area contributed by atoms with Crippen LogP contribution in [0.5, 0.6) is 0 Å². The summed E-state index contributed by atoms with van der Waals surface area (Å²) in [6, 6.07) is -0.554. The number of carbonyl (C=O) groups is 1. The van der Waals surface area contributed by atoms with E-state index in [0.29, 0.717) is 19.3 Å². The summed E-state index contributed by atoms with van der Waals surface area (Å²) in [5.74, 6) is 0.154. The van der Waals surface area contributed by atoms with Crippen LogP contribution >= 0.6 is 0 Å². The molecule has 0 heterocycles. The summed E-state index contributed by atoms with van der Waals surface area (Å²) in [7, 11) is 0. The van der Waals surface area contributed by atoms with E-state index in [9.17, 15) is 14.9 Å². The maximum Gasteiger partial charge on any atom is 0.213 e. The molecule has 0 aliphatic heterocycles. The van der Waals surface area contributed by atoms with Crippen molar-refractivity contribution in [1.29, 1.82) is 0 Å². The van der Waals surface area contributed by atoms with Gasteiger partial charge in [0.25, 0.3) is 0 Å². The SMILES string of the molecule is CC([C@@H]1CCC(=O)C1)[N+](=O)[O-]. The highest BCUT2D eigenvalue weighted by Crippen LogP contribution is 2.26. The molecule has 0 aromatic carbocycles. The van der Waals surface area contributed by atoms with Crippen molar-refractivity contribution in [2.75, 3.05) is 0 Å². The van der Waals surface area contributed by atoms with Crippen LogP contribution in [-0.4, -0.2) is 16.7 Å². The predicted molar refractivity (Wildman–Crippen MR) is 38.8 cm³/mol. The van der Waals surface area contributed by atoms with Gasteiger partial charge in [-0.15, -0.1) is 0 Å². The quantitative estimate of drug-likeness (QED) is 0.444. The molecule has 0 bridgehead atoms. The van der Waals surface area contributed by atoms with Gasteiger partial charge in [-0.05, 0) is 6.42 Å². The molecule has 11 heavy (non-hydrogen) atoms. The maximum atomic E-state index is 10.8. The van der Waals surface area contributed by atoms with Crippen molar-refractivity contribution in [3.63, 3.8) is 0 Å². The Balaban J connectivity index is 2.49. The second-order valence-corrected chi connectivity index (χ2v) is 3.07. The number of hydrogen-bond acceptors (Lipinski definition) is 3. The highest BCUT2D eigenvalue weighted by molar-refractivity contribution is 5.80. The van der Waals surface area contributed by atoms with E-state index in [1.165, 1.54) is 0 Å². The summed E-state index contributed by atoms with van der Waals surface area (Å²) in [5.41, 5.74) is 0. The number of nitro groups is 1. The average Bonchev–Trinajstić information content (AvgIpc) is 2.34. The zero-order valence-electron chi connectivity index (χ0n) is 6.45. The minimum atomic E-state index is -0.554. The fourth-order valence-corrected chi connectivity index (χ4v) is 1.43. The number of ketones is 1. The van der Waals surface area contributed by atoms with Crippen molar-refractivity contribution in [2.24, 2.45) is 5.92 Å². The molecule has 0 radical (unpaired) electrons. The van der Waals surface area contributed by atoms with Crippen LogP contribution in [0.4, 0.5) is 0 Å². The summed E-state index contributed by atoms with van der Waals surface area (Å²) in [4.78, 5) is 20.7. The summed E-state index contributed by atoms with van der Waals surface area (Å²) in [6.45, 7) is 1.57. The normalized spacial score (nSPS) is 27.0. The molecule has 0 amide bonds. The predicted octanol–water partition coefficient (Wildman–Crippen LogP) is 1.02. The third-order valence-corrected chi connectivity index (χ3v) is 2.30. The van der Waals surface area contributed by atoms with Gasteiger partial charge in [-0.25, -0.2) is 0 Å². The van der Waals surface area contributed by atoms with Gasteiger partial charge in [-0.2, -0.15) is 0 Å². The standard InChI is InChI=1S/C7H11NO3/c1-5(8(10)11)6-2-3-7(9)4-6/h5-6H,2-4H2,1H3/t5?,6-/m1/s1. The topological polar surface area (TPSA) is 60.2 Å². The molecule has 0 saturated heterocycles. The van der Waals surface area contributed by atoms with Crippen LogP contribution in [0.1, 0.15) is 26.2 Å². The lowest BCUT2D eigenvalue weighted by Gasteiger charge is -2.08. The highest BCUT2D eigenvalue weighted by atomic mass is 16.6. The van der Waals surface area contributed by atoms with Gasteiger partial charge in [0, 0.05) is 30.6 Å². The van der Waals surface area contributed by atoms with Crippen molar-refractivity contribution in [3.05, 3.63) is 10.1 Å². The number of hydrogen-bond donors (Lipinski definition) is 0. The molecule has 1 saturated carbocycles. The first kappa shape index (κ1) is 8.17. The van der Waals surface area contributed by atoms with E-state index in [1.807, 2.05) is 0 Å². The van der Waals surface area contributed by atoms with E-state index in [1.54, 1.807) is 6.92 Å². The molecule has 1 aliphatic carbocycles. The van der Waals surface area contributed by atoms with E-state index in [0.717, 1.165) is 0 Å². The van der Waals surface area contributed by atoms with E-state index < -0.39 is 6.04 Å². The minimum Gasteiger partial charge on any atom is -0.300 e. The van der Waals surface area contributed by atoms with Crippen LogP contribution in [0.2, 0.25) is 0 Å². The largest absolute Gasteiger partial charge is 0.300 e. The fourth-order valence-electron chi connectivity index (χ4n) is 1.43. The number of carbonyl (C=O) groups excluding carboxylic acids is 1. The second kappa shape index (κ2) is 2.98. The Morgan fingerprint density at radius 3 is 2.73 bits per heavy atom. The van der Waals surface area contributed by atoms with Crippen molar-refractivity contribution < 1.29 is 9.72 Å². The molecule has 2 atom stereocenters. The van der Waals surface area contributed by atoms with Crippen molar-refractivity contribution >= 4 is 5.78 Å². The van der Waals surface area contributed by atoms with Crippen LogP contribution in [0.15, 0.2) is 0 Å². The van der Waals surface area contributed by atoms with Crippen LogP contribution in [0.3, 0.4) is 0 Å². The molecule has 0 spiro atoms. The molecule has 1 unspecified atom stereocenters. The van der Waals surface area contributed by atoms with Crippen molar-refractivity contribution in [2.45, 2.75) is 32.2 Å². The zero-order chi connectivity index (χ0) is 8.43. The van der Waals surface area contributed by atoms with Gasteiger partial charge in [0.15, 0.2) is 0 Å². The molecule has 1 rings (SSSR count). The summed E-state index contributed by atoms with van der Waals surface area (Å²) in [5, 5.41) is 10.3. The first-order chi connectivity index (χ1) is 5.11. The average molecular weight is 157 g/mol. The Morgan fingerprint density at radius 1 is 1.73 bits per heavy atom. The Labute approximate surface area is 64.7 Å². The Hall–Kier alpha value is -0.930. The molecular weight excluding hydrogens is 146 g/mol. The van der Waals surface area contributed by atoms with Gasteiger partial charge in [-0.1, -0.05) is 0 Å². The van der Waals surface area contributed by atoms with Crippen LogP contribution in [-0.2, 0) is 4.79 Å². The van der Waals surface area contributed by atoms with Gasteiger partial charge < -0.3 is 0 Å². The molecule has 62 valence electrons. The van der Waals surface area contributed by atoms with E-state index >= 15 is 0 Å². The van der Waals surface area contributed by atoms with Crippen molar-refractivity contribution in [1.82, 2.24) is 0 Å². The summed E-state index contributed by atoms with van der Waals surface area (Å²) < 4.78 is 0. The molecule has 0 aromatic heterocycles. The minimum absolute atomic E-state index is 0.0162. The van der Waals surface area contributed by atoms with E-state index in [4.69, 9.17) is 0 Å². The summed E-state index contributed by atoms with van der Waals surface area (Å²) >= 11 is 0. The molecule has 4 nitrogen and oxygen atoms in total. The molecule has 0 aromatic rings. The first-order valence-corrected chi connectivity index (χ1v) is 3.76. The molecule has 0 N–H and O–H groups in total. The van der Waals surface area contributed by atoms with E-state index in [-0.39, 0.29) is 16.6 Å². The lowest BCUT2D eigenvalue weighted by Crippen LogP contribution is -2.23. The van der Waals surface area contributed by atoms with Gasteiger partial charge in [-0.3, -0.25) is 14.9 Å². The maximum absolute atomic E-state index is 10.8. The Kier molecular flexibility index (Phi) is 2.22. The number of rotatable bonds is 2. The summed E-state index contributed by atoms with van der Waals surface area (Å²) in [6.07, 6.45) is 1.63. The van der Waals surface area contributed by atoms with Crippen molar-refractivity contribution in [3.8, 4) is 0 Å². The molecular formula is C7H11NO3. The van der Waals surface area contributed by atoms with Gasteiger partial charge >= 0.3 is 0 Å². The third kappa shape index (κ3) is 1.76. The Bertz CT molecular complexity index is 190. The molecule has 4 heteroatoms. The lowest BCUT2D eigenvalue weighted by atomic mass is 10.0. The zero-order valence-corrected chi connectivity index (χ0v) is 6.45. The highest BCUT2D eigenvalue weighted by Gasteiger charge is 2.33. The van der Waals surface area contributed by atoms with Crippen LogP contribution < -0.4 is 0 Å². The van der Waals surface area contributed by atoms with Crippen LogP contribution in [0, 0.1) is 16.0 Å². The Morgan fingerprint density at radius 2 is 2.36 bits per heavy atom. The van der Waals surface area contributed by atoms with E-state index in [2.05, 4.69) is 0 Å². The van der Waals surface area contributed by atoms with Crippen LogP contribution in [0.25, 0.3) is 0 Å². The first-order valence-electron chi connectivity index (χ1n) is 3.76. The second-order valence-electron chi connectivity index (χ2n) is 3.07. The van der Waals surface area contributed by atoms with Gasteiger partial charge in [0.2, 0.25) is 6.04 Å². The molecule has 1 aliphatic rings. The number of Topliss-reactive ketones (excluding diaryl/α,β-unsaturated/α-hetero) is 1. The third-order valence-electron chi connectivity index (χ3n) is 2.30. The fraction of sp³-hybridized carbons (Fsp3) is 0.857. The lowest BCUT2D eigenvalue weighted by molar-refractivity contribution is -0.527. The number of nitrogens with zero attached hydrogens (tertiary/aromatic N) is 1. The smallest absolute Gasteiger partial charge is 0.213 e. The van der Waals surface area contributed by atoms with Gasteiger partial charge in [0.1, 0.15) is 5.78 Å². The monoisotopic (exact) mass is 157 g/mol. The molecule has 1 fully saturated rings.